The van der Waals surface area contributed by atoms with Crippen LogP contribution in [0.3, 0.4) is 0 Å². The second-order valence-corrected chi connectivity index (χ2v) is 6.94. The maximum absolute atomic E-state index is 11.9. The van der Waals surface area contributed by atoms with Crippen molar-refractivity contribution >= 4 is 28.9 Å². The number of nitrogens with one attached hydrogen (secondary N) is 1. The van der Waals surface area contributed by atoms with Crippen molar-refractivity contribution in [1.29, 1.82) is 0 Å². The van der Waals surface area contributed by atoms with Gasteiger partial charge in [0, 0.05) is 5.56 Å². The van der Waals surface area contributed by atoms with Gasteiger partial charge in [0.2, 0.25) is 0 Å². The number of H-pyrrole nitrogens is 1. The Morgan fingerprint density at radius 1 is 1.24 bits per heavy atom. The van der Waals surface area contributed by atoms with Crippen molar-refractivity contribution in [3.8, 4) is 27.7 Å². The molecule has 0 bridgehead atoms. The zero-order valence-corrected chi connectivity index (χ0v) is 15.4. The molecular formula is C18H17ClN2O3S. The molecule has 25 heavy (non-hydrogen) atoms. The fraction of sp³-hybridized carbons (Fsp3) is 0.222. The predicted octanol–water partition coefficient (Wildman–Crippen LogP) is 4.57. The van der Waals surface area contributed by atoms with Crippen LogP contribution in [0.2, 0.25) is 4.34 Å². The summed E-state index contributed by atoms with van der Waals surface area (Å²) < 4.78 is 10.9. The quantitative estimate of drug-likeness (QED) is 0.640. The molecule has 3 aromatic rings. The van der Waals surface area contributed by atoms with Gasteiger partial charge in [0.05, 0.1) is 35.0 Å². The minimum atomic E-state index is -0.295. The first kappa shape index (κ1) is 17.5. The molecule has 0 aliphatic heterocycles. The van der Waals surface area contributed by atoms with Crippen molar-refractivity contribution in [2.45, 2.75) is 13.3 Å². The van der Waals surface area contributed by atoms with Gasteiger partial charge in [-0.2, -0.15) is 0 Å². The van der Waals surface area contributed by atoms with E-state index in [4.69, 9.17) is 21.1 Å². The van der Waals surface area contributed by atoms with Gasteiger partial charge in [-0.25, -0.2) is 4.98 Å². The highest BCUT2D eigenvalue weighted by Crippen LogP contribution is 2.34. The minimum Gasteiger partial charge on any atom is -0.497 e. The number of carbonyl (C=O) groups excluding carboxylic acids is 1. The van der Waals surface area contributed by atoms with E-state index < -0.39 is 0 Å². The summed E-state index contributed by atoms with van der Waals surface area (Å²) in [6.45, 7) is 2.13. The van der Waals surface area contributed by atoms with E-state index in [1.54, 1.807) is 14.0 Å². The Balaban J connectivity index is 1.99. The molecule has 130 valence electrons. The first-order valence-electron chi connectivity index (χ1n) is 7.75. The molecule has 3 rings (SSSR count). The van der Waals surface area contributed by atoms with Crippen LogP contribution in [0.5, 0.6) is 5.75 Å². The van der Waals surface area contributed by atoms with Crippen LogP contribution in [0.15, 0.2) is 36.4 Å². The Morgan fingerprint density at radius 3 is 2.60 bits per heavy atom. The Labute approximate surface area is 154 Å². The van der Waals surface area contributed by atoms with Crippen molar-refractivity contribution in [1.82, 2.24) is 9.97 Å². The Hall–Kier alpha value is -2.31. The lowest BCUT2D eigenvalue weighted by molar-refractivity contribution is -0.142. The van der Waals surface area contributed by atoms with Crippen molar-refractivity contribution in [2.75, 3.05) is 13.7 Å². The molecule has 0 aliphatic carbocycles. The van der Waals surface area contributed by atoms with E-state index in [9.17, 15) is 4.79 Å². The van der Waals surface area contributed by atoms with Crippen molar-refractivity contribution < 1.29 is 14.3 Å². The largest absolute Gasteiger partial charge is 0.497 e. The van der Waals surface area contributed by atoms with Crippen molar-refractivity contribution in [3.05, 3.63) is 46.4 Å². The second kappa shape index (κ2) is 7.72. The van der Waals surface area contributed by atoms with Crippen LogP contribution in [-0.2, 0) is 16.0 Å². The maximum atomic E-state index is 11.9. The van der Waals surface area contributed by atoms with Gasteiger partial charge in [0.25, 0.3) is 0 Å². The summed E-state index contributed by atoms with van der Waals surface area (Å²) in [6.07, 6.45) is 0.127. The summed E-state index contributed by atoms with van der Waals surface area (Å²) in [4.78, 5) is 20.7. The average Bonchev–Trinajstić information content (AvgIpc) is 3.21. The number of imidazole rings is 1. The minimum absolute atomic E-state index is 0.127. The van der Waals surface area contributed by atoms with Crippen LogP contribution in [0.25, 0.3) is 22.0 Å². The van der Waals surface area contributed by atoms with E-state index in [2.05, 4.69) is 9.97 Å². The van der Waals surface area contributed by atoms with Gasteiger partial charge in [0.15, 0.2) is 0 Å². The molecule has 0 fully saturated rings. The second-order valence-electron chi connectivity index (χ2n) is 5.23. The molecule has 0 atom stereocenters. The van der Waals surface area contributed by atoms with Gasteiger partial charge in [-0.3, -0.25) is 4.79 Å². The molecule has 0 aliphatic rings. The van der Waals surface area contributed by atoms with Crippen LogP contribution < -0.4 is 4.74 Å². The third-order valence-electron chi connectivity index (χ3n) is 3.58. The zero-order chi connectivity index (χ0) is 17.8. The first-order valence-corrected chi connectivity index (χ1v) is 8.94. The molecule has 0 amide bonds. The third kappa shape index (κ3) is 4.03. The number of halogens is 1. The monoisotopic (exact) mass is 376 g/mol. The third-order valence-corrected chi connectivity index (χ3v) is 4.81. The molecule has 7 heteroatoms. The van der Waals surface area contributed by atoms with Gasteiger partial charge >= 0.3 is 5.97 Å². The van der Waals surface area contributed by atoms with Crippen LogP contribution in [0, 0.1) is 0 Å². The van der Waals surface area contributed by atoms with E-state index in [0.29, 0.717) is 22.5 Å². The number of rotatable bonds is 6. The highest BCUT2D eigenvalue weighted by atomic mass is 35.5. The van der Waals surface area contributed by atoms with Crippen LogP contribution in [0.1, 0.15) is 12.6 Å². The number of carbonyl (C=O) groups is 1. The summed E-state index contributed by atoms with van der Waals surface area (Å²) in [5.41, 5.74) is 2.33. The molecule has 1 N–H and O–H groups in total. The molecule has 5 nitrogen and oxygen atoms in total. The van der Waals surface area contributed by atoms with Crippen LogP contribution >= 0.6 is 22.9 Å². The summed E-state index contributed by atoms with van der Waals surface area (Å²) >= 11 is 7.47. The molecule has 0 saturated heterocycles. The van der Waals surface area contributed by atoms with Crippen LogP contribution in [0.4, 0.5) is 0 Å². The summed E-state index contributed by atoms with van der Waals surface area (Å²) in [5, 5.41) is 0. The smallest absolute Gasteiger partial charge is 0.311 e. The highest BCUT2D eigenvalue weighted by Gasteiger charge is 2.18. The molecule has 0 radical (unpaired) electrons. The van der Waals surface area contributed by atoms with Gasteiger partial charge in [-0.1, -0.05) is 11.6 Å². The van der Waals surface area contributed by atoms with Gasteiger partial charge in [0.1, 0.15) is 17.3 Å². The Bertz CT molecular complexity index is 871. The topological polar surface area (TPSA) is 64.2 Å². The molecule has 2 heterocycles. The highest BCUT2D eigenvalue weighted by molar-refractivity contribution is 7.19. The SMILES string of the molecule is CCOC(=O)Cc1[nH]c(-c2ccc(OC)cc2)nc1-c1ccc(Cl)s1. The summed E-state index contributed by atoms with van der Waals surface area (Å²) in [5.74, 6) is 1.16. The molecule has 0 unspecified atom stereocenters. The fourth-order valence-electron chi connectivity index (χ4n) is 2.42. The number of aromatic amines is 1. The number of ether oxygens (including phenoxy) is 2. The summed E-state index contributed by atoms with van der Waals surface area (Å²) in [7, 11) is 1.62. The lowest BCUT2D eigenvalue weighted by Crippen LogP contribution is -2.08. The number of nitrogens with zero attached hydrogens (tertiary/aromatic N) is 1. The zero-order valence-electron chi connectivity index (χ0n) is 13.8. The number of aromatic nitrogens is 2. The van der Waals surface area contributed by atoms with E-state index in [-0.39, 0.29) is 12.4 Å². The molecule has 0 saturated carbocycles. The summed E-state index contributed by atoms with van der Waals surface area (Å²) in [6, 6.07) is 11.3. The number of thiophene rings is 1. The average molecular weight is 377 g/mol. The van der Waals surface area contributed by atoms with E-state index in [1.807, 2.05) is 36.4 Å². The van der Waals surface area contributed by atoms with E-state index in [1.165, 1.54) is 11.3 Å². The lowest BCUT2D eigenvalue weighted by atomic mass is 10.2. The number of hydrogen-bond donors (Lipinski definition) is 1. The number of esters is 1. The standard InChI is InChI=1S/C18H17ClN2O3S/c1-3-24-16(22)10-13-17(14-8-9-15(19)25-14)21-18(20-13)11-4-6-12(23-2)7-5-11/h4-9H,3,10H2,1-2H3,(H,20,21). The van der Waals surface area contributed by atoms with Crippen molar-refractivity contribution in [2.24, 2.45) is 0 Å². The molecular weight excluding hydrogens is 360 g/mol. The number of hydrogen-bond acceptors (Lipinski definition) is 5. The number of methoxy groups -OCH3 is 1. The fourth-order valence-corrected chi connectivity index (χ4v) is 3.48. The Kier molecular flexibility index (Phi) is 5.40. The predicted molar refractivity (Wildman–Crippen MR) is 99.2 cm³/mol. The maximum Gasteiger partial charge on any atom is 0.311 e. The van der Waals surface area contributed by atoms with E-state index in [0.717, 1.165) is 21.9 Å². The first-order chi connectivity index (χ1) is 12.1. The molecule has 0 spiro atoms. The molecule has 1 aromatic carbocycles. The van der Waals surface area contributed by atoms with Gasteiger partial charge in [-0.05, 0) is 43.3 Å². The Morgan fingerprint density at radius 2 is 2.00 bits per heavy atom. The van der Waals surface area contributed by atoms with E-state index >= 15 is 0 Å². The normalized spacial score (nSPS) is 10.7. The number of benzene rings is 1. The van der Waals surface area contributed by atoms with Gasteiger partial charge < -0.3 is 14.5 Å². The van der Waals surface area contributed by atoms with Gasteiger partial charge in [-0.15, -0.1) is 11.3 Å². The molecule has 2 aromatic heterocycles. The lowest BCUT2D eigenvalue weighted by Gasteiger charge is -2.02. The van der Waals surface area contributed by atoms with Crippen LogP contribution in [-0.4, -0.2) is 29.7 Å². The van der Waals surface area contributed by atoms with Crippen molar-refractivity contribution in [3.63, 3.8) is 0 Å².